The van der Waals surface area contributed by atoms with E-state index in [2.05, 4.69) is 10.3 Å². The van der Waals surface area contributed by atoms with Gasteiger partial charge in [-0.1, -0.05) is 18.2 Å². The van der Waals surface area contributed by atoms with Crippen molar-refractivity contribution >= 4 is 5.91 Å². The molecule has 1 heterocycles. The van der Waals surface area contributed by atoms with E-state index in [0.29, 0.717) is 0 Å². The van der Waals surface area contributed by atoms with Gasteiger partial charge in [0, 0.05) is 11.9 Å². The van der Waals surface area contributed by atoms with Gasteiger partial charge in [-0.15, -0.1) is 0 Å². The largest absolute Gasteiger partial charge is 0.346 e. The van der Waals surface area contributed by atoms with Gasteiger partial charge >= 0.3 is 0 Å². The maximum Gasteiger partial charge on any atom is 0.226 e. The van der Waals surface area contributed by atoms with E-state index >= 15 is 0 Å². The lowest BCUT2D eigenvalue weighted by molar-refractivity contribution is -0.121. The molecule has 1 aliphatic carbocycles. The minimum absolute atomic E-state index is 0.0504. The molecule has 0 saturated heterocycles. The molecule has 0 aliphatic heterocycles. The molecule has 2 aromatic rings. The van der Waals surface area contributed by atoms with Crippen LogP contribution in [0.15, 0.2) is 48.7 Å². The monoisotopic (exact) mass is 270 g/mol. The van der Waals surface area contributed by atoms with Crippen LogP contribution in [0.3, 0.4) is 0 Å². The summed E-state index contributed by atoms with van der Waals surface area (Å²) in [5.74, 6) is -0.310. The van der Waals surface area contributed by atoms with Gasteiger partial charge in [0.2, 0.25) is 5.91 Å². The Morgan fingerprint density at radius 1 is 1.20 bits per heavy atom. The van der Waals surface area contributed by atoms with Gasteiger partial charge in [-0.25, -0.2) is 4.39 Å². The van der Waals surface area contributed by atoms with Gasteiger partial charge in [-0.3, -0.25) is 9.78 Å². The van der Waals surface area contributed by atoms with Gasteiger partial charge in [0.1, 0.15) is 5.82 Å². The summed E-state index contributed by atoms with van der Waals surface area (Å²) in [6, 6.07) is 11.9. The number of amides is 1. The van der Waals surface area contributed by atoms with Crippen LogP contribution >= 0.6 is 0 Å². The molecule has 4 heteroatoms. The number of pyridine rings is 1. The third-order valence-electron chi connectivity index (χ3n) is 3.59. The van der Waals surface area contributed by atoms with Crippen LogP contribution in [0.25, 0.3) is 0 Å². The van der Waals surface area contributed by atoms with Gasteiger partial charge in [-0.05, 0) is 42.7 Å². The molecule has 1 saturated carbocycles. The summed E-state index contributed by atoms with van der Waals surface area (Å²) < 4.78 is 12.9. The first kappa shape index (κ1) is 12.8. The Morgan fingerprint density at radius 2 is 1.95 bits per heavy atom. The fourth-order valence-corrected chi connectivity index (χ4v) is 2.36. The Morgan fingerprint density at radius 3 is 2.55 bits per heavy atom. The second-order valence-electron chi connectivity index (χ2n) is 5.14. The molecule has 102 valence electrons. The highest BCUT2D eigenvalue weighted by molar-refractivity contribution is 5.79. The van der Waals surface area contributed by atoms with Crippen molar-refractivity contribution in [2.45, 2.75) is 24.8 Å². The number of aromatic nitrogens is 1. The topological polar surface area (TPSA) is 42.0 Å². The minimum atomic E-state index is -0.306. The summed E-state index contributed by atoms with van der Waals surface area (Å²) in [6.07, 6.45) is 3.73. The lowest BCUT2D eigenvalue weighted by Gasteiger charge is -2.18. The average Bonchev–Trinajstić information content (AvgIpc) is 3.21. The van der Waals surface area contributed by atoms with Crippen molar-refractivity contribution in [3.63, 3.8) is 0 Å². The zero-order chi connectivity index (χ0) is 14.0. The van der Waals surface area contributed by atoms with Gasteiger partial charge in [-0.2, -0.15) is 0 Å². The molecule has 1 aliphatic rings. The Bertz CT molecular complexity index is 606. The first-order valence-corrected chi connectivity index (χ1v) is 6.65. The molecular formula is C16H15FN2O. The van der Waals surface area contributed by atoms with E-state index in [9.17, 15) is 9.18 Å². The number of halogens is 1. The predicted octanol–water partition coefficient (Wildman–Crippen LogP) is 2.57. The molecule has 20 heavy (non-hydrogen) atoms. The first-order valence-electron chi connectivity index (χ1n) is 6.65. The smallest absolute Gasteiger partial charge is 0.226 e. The van der Waals surface area contributed by atoms with Crippen LogP contribution in [0, 0.1) is 5.82 Å². The summed E-state index contributed by atoms with van der Waals surface area (Å²) in [7, 11) is 0. The second-order valence-corrected chi connectivity index (χ2v) is 5.14. The Kier molecular flexibility index (Phi) is 3.22. The molecular weight excluding hydrogens is 255 g/mol. The van der Waals surface area contributed by atoms with Crippen LogP contribution in [0.4, 0.5) is 4.39 Å². The van der Waals surface area contributed by atoms with E-state index in [-0.39, 0.29) is 23.7 Å². The SMILES string of the molecule is O=C(Cc1ccccn1)NC1(c2ccc(F)cc2)CC1. The van der Waals surface area contributed by atoms with E-state index in [1.165, 1.54) is 12.1 Å². The summed E-state index contributed by atoms with van der Waals surface area (Å²) in [5.41, 5.74) is 1.41. The number of nitrogens with one attached hydrogen (secondary N) is 1. The Hall–Kier alpha value is -2.23. The summed E-state index contributed by atoms with van der Waals surface area (Å²) in [5, 5.41) is 3.05. The van der Waals surface area contributed by atoms with Crippen molar-refractivity contribution in [2.24, 2.45) is 0 Å². The molecule has 0 radical (unpaired) electrons. The highest BCUT2D eigenvalue weighted by Gasteiger charge is 2.45. The summed E-state index contributed by atoms with van der Waals surface area (Å²) in [4.78, 5) is 16.2. The number of carbonyl (C=O) groups excluding carboxylic acids is 1. The highest BCUT2D eigenvalue weighted by Crippen LogP contribution is 2.45. The number of carbonyl (C=O) groups is 1. The van der Waals surface area contributed by atoms with Crippen molar-refractivity contribution < 1.29 is 9.18 Å². The van der Waals surface area contributed by atoms with Gasteiger partial charge < -0.3 is 5.32 Å². The summed E-state index contributed by atoms with van der Waals surface area (Å²) in [6.45, 7) is 0. The molecule has 0 atom stereocenters. The van der Waals surface area contributed by atoms with Gasteiger partial charge in [0.15, 0.2) is 0 Å². The van der Waals surface area contributed by atoms with Gasteiger partial charge in [0.25, 0.3) is 0 Å². The third kappa shape index (κ3) is 2.69. The van der Waals surface area contributed by atoms with Crippen molar-refractivity contribution in [1.82, 2.24) is 10.3 Å². The van der Waals surface area contributed by atoms with Crippen molar-refractivity contribution in [3.8, 4) is 0 Å². The van der Waals surface area contributed by atoms with Crippen molar-refractivity contribution in [3.05, 3.63) is 65.7 Å². The zero-order valence-electron chi connectivity index (χ0n) is 11.0. The maximum absolute atomic E-state index is 12.9. The second kappa shape index (κ2) is 5.04. The number of rotatable bonds is 4. The normalized spacial score (nSPS) is 15.7. The Balaban J connectivity index is 1.68. The molecule has 1 aromatic carbocycles. The highest BCUT2D eigenvalue weighted by atomic mass is 19.1. The molecule has 3 rings (SSSR count). The molecule has 1 aromatic heterocycles. The van der Waals surface area contributed by atoms with E-state index in [1.54, 1.807) is 18.3 Å². The lowest BCUT2D eigenvalue weighted by Crippen LogP contribution is -2.36. The summed E-state index contributed by atoms with van der Waals surface area (Å²) >= 11 is 0. The molecule has 1 fully saturated rings. The number of nitrogens with zero attached hydrogens (tertiary/aromatic N) is 1. The van der Waals surface area contributed by atoms with Crippen LogP contribution < -0.4 is 5.32 Å². The standard InChI is InChI=1S/C16H15FN2O/c17-13-6-4-12(5-7-13)16(8-9-16)19-15(20)11-14-3-1-2-10-18-14/h1-7,10H,8-9,11H2,(H,19,20). The lowest BCUT2D eigenvalue weighted by atomic mass is 10.0. The van der Waals surface area contributed by atoms with Crippen LogP contribution in [0.1, 0.15) is 24.1 Å². The molecule has 0 spiro atoms. The quantitative estimate of drug-likeness (QED) is 0.927. The predicted molar refractivity (Wildman–Crippen MR) is 73.4 cm³/mol. The molecule has 0 bridgehead atoms. The van der Waals surface area contributed by atoms with Gasteiger partial charge in [0.05, 0.1) is 12.0 Å². The number of hydrogen-bond donors (Lipinski definition) is 1. The van der Waals surface area contributed by atoms with Crippen LogP contribution in [-0.4, -0.2) is 10.9 Å². The van der Waals surface area contributed by atoms with Crippen LogP contribution in [0.2, 0.25) is 0 Å². The zero-order valence-corrected chi connectivity index (χ0v) is 11.0. The van der Waals surface area contributed by atoms with E-state index in [1.807, 2.05) is 18.2 Å². The molecule has 1 amide bonds. The molecule has 0 unspecified atom stereocenters. The molecule has 3 nitrogen and oxygen atoms in total. The fourth-order valence-electron chi connectivity index (χ4n) is 2.36. The fraction of sp³-hybridized carbons (Fsp3) is 0.250. The minimum Gasteiger partial charge on any atom is -0.346 e. The Labute approximate surface area is 116 Å². The van der Waals surface area contributed by atoms with Crippen LogP contribution in [0.5, 0.6) is 0 Å². The first-order chi connectivity index (χ1) is 9.68. The van der Waals surface area contributed by atoms with Crippen molar-refractivity contribution in [1.29, 1.82) is 0 Å². The van der Waals surface area contributed by atoms with Crippen molar-refractivity contribution in [2.75, 3.05) is 0 Å². The van der Waals surface area contributed by atoms with Crippen LogP contribution in [-0.2, 0) is 16.8 Å². The molecule has 1 N–H and O–H groups in total. The number of hydrogen-bond acceptors (Lipinski definition) is 2. The third-order valence-corrected chi connectivity index (χ3v) is 3.59. The van der Waals surface area contributed by atoms with E-state index in [0.717, 1.165) is 24.1 Å². The average molecular weight is 270 g/mol. The van der Waals surface area contributed by atoms with E-state index in [4.69, 9.17) is 0 Å². The number of benzene rings is 1. The maximum atomic E-state index is 12.9. The van der Waals surface area contributed by atoms with E-state index < -0.39 is 0 Å².